The molecule has 0 radical (unpaired) electrons. The second-order valence-electron chi connectivity index (χ2n) is 6.67. The van der Waals surface area contributed by atoms with Crippen LogP contribution in [0.5, 0.6) is 11.5 Å². The number of fused-ring (bicyclic) bond motifs is 1. The number of benzene rings is 1. The Morgan fingerprint density at radius 1 is 1.07 bits per heavy atom. The highest BCUT2D eigenvalue weighted by Crippen LogP contribution is 2.32. The van der Waals surface area contributed by atoms with Crippen molar-refractivity contribution in [3.63, 3.8) is 0 Å². The van der Waals surface area contributed by atoms with Gasteiger partial charge in [-0.15, -0.1) is 0 Å². The van der Waals surface area contributed by atoms with Crippen LogP contribution in [0.25, 0.3) is 0 Å². The molecule has 2 unspecified atom stereocenters. The van der Waals surface area contributed by atoms with Crippen molar-refractivity contribution in [3.8, 4) is 11.5 Å². The van der Waals surface area contributed by atoms with Crippen LogP contribution in [0.1, 0.15) is 45.2 Å². The van der Waals surface area contributed by atoms with Crippen LogP contribution >= 0.6 is 0 Å². The van der Waals surface area contributed by atoms with Crippen molar-refractivity contribution in [2.75, 3.05) is 19.8 Å². The van der Waals surface area contributed by atoms with Crippen LogP contribution in [0.3, 0.4) is 0 Å². The minimum Gasteiger partial charge on any atom is -0.498 e. The SMILES string of the molecule is CC1=C(C(=O)OC(C)C(=O)NC(C)c2ccc3c(c2)OCCO3)CCCO1. The van der Waals surface area contributed by atoms with Gasteiger partial charge in [-0.05, 0) is 51.3 Å². The Bertz CT molecular complexity index is 757. The molecule has 2 aliphatic heterocycles. The van der Waals surface area contributed by atoms with Crippen molar-refractivity contribution in [2.24, 2.45) is 0 Å². The molecule has 2 aliphatic rings. The average molecular weight is 375 g/mol. The first-order valence-corrected chi connectivity index (χ1v) is 9.19. The van der Waals surface area contributed by atoms with Crippen LogP contribution in [0.2, 0.25) is 0 Å². The van der Waals surface area contributed by atoms with Gasteiger partial charge >= 0.3 is 5.97 Å². The highest BCUT2D eigenvalue weighted by atomic mass is 16.6. The number of hydrogen-bond acceptors (Lipinski definition) is 6. The van der Waals surface area contributed by atoms with Gasteiger partial charge in [0.2, 0.25) is 0 Å². The second kappa shape index (κ2) is 8.33. The van der Waals surface area contributed by atoms with Crippen molar-refractivity contribution < 1.29 is 28.5 Å². The summed E-state index contributed by atoms with van der Waals surface area (Å²) in [6.45, 7) is 6.80. The molecule has 0 aliphatic carbocycles. The minimum absolute atomic E-state index is 0.270. The summed E-state index contributed by atoms with van der Waals surface area (Å²) in [5, 5.41) is 2.86. The zero-order valence-corrected chi connectivity index (χ0v) is 15.9. The monoisotopic (exact) mass is 375 g/mol. The second-order valence-corrected chi connectivity index (χ2v) is 6.67. The van der Waals surface area contributed by atoms with Crippen molar-refractivity contribution in [2.45, 2.75) is 45.8 Å². The summed E-state index contributed by atoms with van der Waals surface area (Å²) in [5.74, 6) is 1.08. The first-order valence-electron chi connectivity index (χ1n) is 9.19. The zero-order valence-electron chi connectivity index (χ0n) is 15.9. The summed E-state index contributed by atoms with van der Waals surface area (Å²) in [6.07, 6.45) is 0.468. The van der Waals surface area contributed by atoms with Gasteiger partial charge in [-0.1, -0.05) is 6.07 Å². The molecular weight excluding hydrogens is 350 g/mol. The minimum atomic E-state index is -0.903. The quantitative estimate of drug-likeness (QED) is 0.797. The molecule has 0 fully saturated rings. The molecule has 0 bridgehead atoms. The lowest BCUT2D eigenvalue weighted by Crippen LogP contribution is -2.37. The van der Waals surface area contributed by atoms with Gasteiger partial charge in [-0.3, -0.25) is 4.79 Å². The van der Waals surface area contributed by atoms with E-state index in [0.717, 1.165) is 12.0 Å². The van der Waals surface area contributed by atoms with Crippen molar-refractivity contribution in [1.82, 2.24) is 5.32 Å². The molecule has 1 aromatic carbocycles. The number of allylic oxidation sites excluding steroid dienone is 1. The van der Waals surface area contributed by atoms with Crippen LogP contribution in [0.4, 0.5) is 0 Å². The van der Waals surface area contributed by atoms with Crippen molar-refractivity contribution >= 4 is 11.9 Å². The normalized spacial score (nSPS) is 18.2. The highest BCUT2D eigenvalue weighted by molar-refractivity contribution is 5.92. The summed E-state index contributed by atoms with van der Waals surface area (Å²) >= 11 is 0. The number of hydrogen-bond donors (Lipinski definition) is 1. The number of carbonyl (C=O) groups is 2. The van der Waals surface area contributed by atoms with Gasteiger partial charge in [0.1, 0.15) is 19.0 Å². The third-order valence-corrected chi connectivity index (χ3v) is 4.64. The van der Waals surface area contributed by atoms with E-state index >= 15 is 0 Å². The fourth-order valence-electron chi connectivity index (χ4n) is 3.01. The van der Waals surface area contributed by atoms with Crippen LogP contribution < -0.4 is 14.8 Å². The molecule has 1 N–H and O–H groups in total. The zero-order chi connectivity index (χ0) is 19.4. The molecule has 1 aromatic rings. The van der Waals surface area contributed by atoms with Crippen molar-refractivity contribution in [1.29, 1.82) is 0 Å². The Balaban J connectivity index is 1.58. The predicted octanol–water partition coefficient (Wildman–Crippen LogP) is 2.65. The first kappa shape index (κ1) is 19.1. The molecule has 2 heterocycles. The van der Waals surface area contributed by atoms with Crippen molar-refractivity contribution in [3.05, 3.63) is 35.1 Å². The lowest BCUT2D eigenvalue weighted by Gasteiger charge is -2.23. The fourth-order valence-corrected chi connectivity index (χ4v) is 3.01. The van der Waals surface area contributed by atoms with E-state index in [4.69, 9.17) is 18.9 Å². The molecule has 7 heteroatoms. The number of nitrogens with one attached hydrogen (secondary N) is 1. The largest absolute Gasteiger partial charge is 0.498 e. The van der Waals surface area contributed by atoms with E-state index in [1.807, 2.05) is 25.1 Å². The lowest BCUT2D eigenvalue weighted by atomic mass is 10.1. The summed E-state index contributed by atoms with van der Waals surface area (Å²) < 4.78 is 21.8. The third-order valence-electron chi connectivity index (χ3n) is 4.64. The average Bonchev–Trinajstić information content (AvgIpc) is 2.67. The highest BCUT2D eigenvalue weighted by Gasteiger charge is 2.25. The number of rotatable bonds is 5. The molecular formula is C20H25NO6. The molecule has 0 saturated carbocycles. The summed E-state index contributed by atoms with van der Waals surface area (Å²) in [4.78, 5) is 24.7. The first-order chi connectivity index (χ1) is 13.0. The van der Waals surface area contributed by atoms with Gasteiger partial charge in [-0.25, -0.2) is 4.79 Å². The molecule has 27 heavy (non-hydrogen) atoms. The molecule has 146 valence electrons. The molecule has 3 rings (SSSR count). The van der Waals surface area contributed by atoms with E-state index in [0.29, 0.717) is 49.1 Å². The maximum atomic E-state index is 12.4. The Morgan fingerprint density at radius 2 is 1.81 bits per heavy atom. The van der Waals surface area contributed by atoms with Gasteiger partial charge in [0.05, 0.1) is 18.2 Å². The number of carbonyl (C=O) groups excluding carboxylic acids is 2. The molecule has 0 saturated heterocycles. The van der Waals surface area contributed by atoms with Crippen LogP contribution in [-0.4, -0.2) is 37.8 Å². The Morgan fingerprint density at radius 3 is 2.56 bits per heavy atom. The number of esters is 1. The third kappa shape index (κ3) is 4.53. The topological polar surface area (TPSA) is 83.1 Å². The smallest absolute Gasteiger partial charge is 0.338 e. The molecule has 0 aromatic heterocycles. The number of amides is 1. The van der Waals surface area contributed by atoms with E-state index in [2.05, 4.69) is 5.32 Å². The van der Waals surface area contributed by atoms with E-state index in [9.17, 15) is 9.59 Å². The fraction of sp³-hybridized carbons (Fsp3) is 0.500. The predicted molar refractivity (Wildman–Crippen MR) is 97.4 cm³/mol. The maximum Gasteiger partial charge on any atom is 0.338 e. The van der Waals surface area contributed by atoms with Gasteiger partial charge < -0.3 is 24.3 Å². The van der Waals surface area contributed by atoms with Gasteiger partial charge in [0, 0.05) is 0 Å². The van der Waals surface area contributed by atoms with Gasteiger partial charge in [0.15, 0.2) is 17.6 Å². The summed E-state index contributed by atoms with van der Waals surface area (Å²) in [6, 6.07) is 5.29. The van der Waals surface area contributed by atoms with E-state index in [-0.39, 0.29) is 11.9 Å². The van der Waals surface area contributed by atoms with E-state index < -0.39 is 12.1 Å². The van der Waals surface area contributed by atoms with E-state index in [1.54, 1.807) is 13.8 Å². The van der Waals surface area contributed by atoms with E-state index in [1.165, 1.54) is 0 Å². The Hall–Kier alpha value is -2.70. The Labute approximate surface area is 158 Å². The van der Waals surface area contributed by atoms with Gasteiger partial charge in [0.25, 0.3) is 5.91 Å². The summed E-state index contributed by atoms with van der Waals surface area (Å²) in [5.41, 5.74) is 1.38. The summed E-state index contributed by atoms with van der Waals surface area (Å²) in [7, 11) is 0. The molecule has 2 atom stereocenters. The van der Waals surface area contributed by atoms with Crippen LogP contribution in [0, 0.1) is 0 Å². The van der Waals surface area contributed by atoms with Crippen LogP contribution in [-0.2, 0) is 19.1 Å². The molecule has 0 spiro atoms. The Kier molecular flexibility index (Phi) is 5.88. The van der Waals surface area contributed by atoms with Crippen LogP contribution in [0.15, 0.2) is 29.5 Å². The lowest BCUT2D eigenvalue weighted by molar-refractivity contribution is -0.152. The van der Waals surface area contributed by atoms with Gasteiger partial charge in [-0.2, -0.15) is 0 Å². The molecule has 1 amide bonds. The maximum absolute atomic E-state index is 12.4. The molecule has 7 nitrogen and oxygen atoms in total. The number of ether oxygens (including phenoxy) is 4. The standard InChI is InChI=1S/C20H25NO6/c1-12(15-6-7-17-18(11-15)26-10-9-25-17)21-19(22)14(3)27-20(23)16-5-4-8-24-13(16)2/h6-7,11-12,14H,4-5,8-10H2,1-3H3,(H,21,22).